The molecule has 2 rings (SSSR count). The molecule has 1 N–H and O–H groups in total. The van der Waals surface area contributed by atoms with Crippen molar-refractivity contribution >= 4 is 17.3 Å². The van der Waals surface area contributed by atoms with Crippen LogP contribution < -0.4 is 5.32 Å². The number of nitrogens with one attached hydrogen (secondary N) is 1. The predicted octanol–water partition coefficient (Wildman–Crippen LogP) is 3.33. The number of hydrogen-bond donors (Lipinski definition) is 1. The molecule has 1 aromatic rings. The molecule has 1 atom stereocenters. The van der Waals surface area contributed by atoms with Crippen LogP contribution in [0.4, 0.5) is 0 Å². The summed E-state index contributed by atoms with van der Waals surface area (Å²) >= 11 is 1.78. The van der Waals surface area contributed by atoms with Crippen molar-refractivity contribution in [3.8, 4) is 0 Å². The summed E-state index contributed by atoms with van der Waals surface area (Å²) in [4.78, 5) is 12.9. The second kappa shape index (κ2) is 8.51. The minimum absolute atomic E-state index is 0.789. The van der Waals surface area contributed by atoms with Crippen molar-refractivity contribution in [3.05, 3.63) is 16.1 Å². The van der Waals surface area contributed by atoms with Crippen LogP contribution in [0.25, 0.3) is 0 Å². The smallest absolute Gasteiger partial charge is 0.193 e. The van der Waals surface area contributed by atoms with Crippen LogP contribution in [0, 0.1) is 18.8 Å². The van der Waals surface area contributed by atoms with Crippen molar-refractivity contribution in [3.63, 3.8) is 0 Å². The summed E-state index contributed by atoms with van der Waals surface area (Å²) < 4.78 is 0. The Labute approximate surface area is 139 Å². The first-order valence-electron chi connectivity index (χ1n) is 8.53. The zero-order chi connectivity index (χ0) is 15.9. The van der Waals surface area contributed by atoms with E-state index in [1.54, 1.807) is 11.3 Å². The monoisotopic (exact) mass is 322 g/mol. The molecule has 1 fully saturated rings. The van der Waals surface area contributed by atoms with Gasteiger partial charge in [0.05, 0.1) is 5.01 Å². The quantitative estimate of drug-likeness (QED) is 0.645. The van der Waals surface area contributed by atoms with Crippen molar-refractivity contribution in [2.75, 3.05) is 26.2 Å². The SMILES string of the molecule is CCNC(=NCCc1ncc(C)s1)N1CCC(CC(C)C)C1. The zero-order valence-electron chi connectivity index (χ0n) is 14.4. The lowest BCUT2D eigenvalue weighted by Crippen LogP contribution is -2.40. The first-order chi connectivity index (χ1) is 10.6. The maximum Gasteiger partial charge on any atom is 0.193 e. The molecule has 0 amide bonds. The fraction of sp³-hybridized carbons (Fsp3) is 0.765. The van der Waals surface area contributed by atoms with Gasteiger partial charge in [-0.3, -0.25) is 4.99 Å². The molecule has 124 valence electrons. The second-order valence-corrected chi connectivity index (χ2v) is 7.90. The van der Waals surface area contributed by atoms with E-state index in [1.807, 2.05) is 6.20 Å². The highest BCUT2D eigenvalue weighted by Gasteiger charge is 2.25. The minimum atomic E-state index is 0.789. The molecule has 0 spiro atoms. The standard InChI is InChI=1S/C17H30N4S/c1-5-18-17(19-8-6-16-20-11-14(4)22-16)21-9-7-15(12-21)10-13(2)3/h11,13,15H,5-10,12H2,1-4H3,(H,18,19). The van der Waals surface area contributed by atoms with Gasteiger partial charge in [0, 0.05) is 43.7 Å². The Morgan fingerprint density at radius 3 is 3.00 bits per heavy atom. The summed E-state index contributed by atoms with van der Waals surface area (Å²) in [5.41, 5.74) is 0. The summed E-state index contributed by atoms with van der Waals surface area (Å²) in [6.45, 7) is 12.9. The normalized spacial score (nSPS) is 19.2. The van der Waals surface area contributed by atoms with Crippen LogP contribution in [0.5, 0.6) is 0 Å². The molecule has 0 radical (unpaired) electrons. The van der Waals surface area contributed by atoms with Gasteiger partial charge in [0.25, 0.3) is 0 Å². The number of guanidine groups is 1. The Balaban J connectivity index is 1.87. The number of nitrogens with zero attached hydrogens (tertiary/aromatic N) is 3. The molecule has 0 bridgehead atoms. The molecule has 1 aliphatic rings. The van der Waals surface area contributed by atoms with Crippen LogP contribution >= 0.6 is 11.3 Å². The summed E-state index contributed by atoms with van der Waals surface area (Å²) in [6, 6.07) is 0. The van der Waals surface area contributed by atoms with Gasteiger partial charge in [0.2, 0.25) is 0 Å². The van der Waals surface area contributed by atoms with Gasteiger partial charge in [-0.2, -0.15) is 0 Å². The van der Waals surface area contributed by atoms with Crippen LogP contribution in [-0.2, 0) is 6.42 Å². The average Bonchev–Trinajstić information content (AvgIpc) is 3.06. The van der Waals surface area contributed by atoms with Gasteiger partial charge in [-0.25, -0.2) is 4.98 Å². The van der Waals surface area contributed by atoms with Crippen molar-refractivity contribution in [2.45, 2.75) is 47.0 Å². The Morgan fingerprint density at radius 2 is 2.36 bits per heavy atom. The van der Waals surface area contributed by atoms with E-state index in [0.717, 1.165) is 50.4 Å². The maximum atomic E-state index is 4.81. The van der Waals surface area contributed by atoms with E-state index in [1.165, 1.54) is 22.7 Å². The minimum Gasteiger partial charge on any atom is -0.357 e. The highest BCUT2D eigenvalue weighted by Crippen LogP contribution is 2.23. The lowest BCUT2D eigenvalue weighted by Gasteiger charge is -2.22. The third kappa shape index (κ3) is 5.27. The molecule has 4 nitrogen and oxygen atoms in total. The Morgan fingerprint density at radius 1 is 1.55 bits per heavy atom. The molecule has 1 saturated heterocycles. The first kappa shape index (κ1) is 17.3. The van der Waals surface area contributed by atoms with Gasteiger partial charge >= 0.3 is 0 Å². The highest BCUT2D eigenvalue weighted by atomic mass is 32.1. The second-order valence-electron chi connectivity index (χ2n) is 6.58. The highest BCUT2D eigenvalue weighted by molar-refractivity contribution is 7.11. The molecular formula is C17H30N4S. The summed E-state index contributed by atoms with van der Waals surface area (Å²) in [6.07, 6.45) is 5.52. The number of thiazole rings is 1. The fourth-order valence-electron chi connectivity index (χ4n) is 3.08. The molecule has 1 aliphatic heterocycles. The third-order valence-corrected chi connectivity index (χ3v) is 4.95. The van der Waals surface area contributed by atoms with E-state index in [0.29, 0.717) is 0 Å². The van der Waals surface area contributed by atoms with Crippen LogP contribution in [0.3, 0.4) is 0 Å². The summed E-state index contributed by atoms with van der Waals surface area (Å²) in [5, 5.41) is 4.64. The van der Waals surface area contributed by atoms with Crippen LogP contribution in [0.1, 0.15) is 43.5 Å². The van der Waals surface area contributed by atoms with Crippen molar-refractivity contribution in [2.24, 2.45) is 16.8 Å². The van der Waals surface area contributed by atoms with E-state index < -0.39 is 0 Å². The van der Waals surface area contributed by atoms with E-state index in [-0.39, 0.29) is 0 Å². The zero-order valence-corrected chi connectivity index (χ0v) is 15.2. The number of aliphatic imine (C=N–C) groups is 1. The summed E-state index contributed by atoms with van der Waals surface area (Å²) in [5.74, 6) is 2.70. The van der Waals surface area contributed by atoms with Gasteiger partial charge in [-0.1, -0.05) is 13.8 Å². The maximum absolute atomic E-state index is 4.81. The number of aromatic nitrogens is 1. The van der Waals surface area contributed by atoms with E-state index in [4.69, 9.17) is 4.99 Å². The topological polar surface area (TPSA) is 40.5 Å². The Hall–Kier alpha value is -1.10. The first-order valence-corrected chi connectivity index (χ1v) is 9.34. The van der Waals surface area contributed by atoms with Crippen molar-refractivity contribution in [1.29, 1.82) is 0 Å². The Kier molecular flexibility index (Phi) is 6.68. The molecular weight excluding hydrogens is 292 g/mol. The lowest BCUT2D eigenvalue weighted by molar-refractivity contribution is 0.403. The van der Waals surface area contributed by atoms with Crippen molar-refractivity contribution in [1.82, 2.24) is 15.2 Å². The average molecular weight is 323 g/mol. The number of aryl methyl sites for hydroxylation is 1. The largest absolute Gasteiger partial charge is 0.357 e. The van der Waals surface area contributed by atoms with Gasteiger partial charge in [0.15, 0.2) is 5.96 Å². The molecule has 2 heterocycles. The summed E-state index contributed by atoms with van der Waals surface area (Å²) in [7, 11) is 0. The predicted molar refractivity (Wildman–Crippen MR) is 95.7 cm³/mol. The molecule has 0 aromatic carbocycles. The van der Waals surface area contributed by atoms with Gasteiger partial charge in [-0.15, -0.1) is 11.3 Å². The van der Waals surface area contributed by atoms with Crippen LogP contribution in [0.2, 0.25) is 0 Å². The molecule has 1 aromatic heterocycles. The molecule has 5 heteroatoms. The van der Waals surface area contributed by atoms with Crippen LogP contribution in [-0.4, -0.2) is 42.0 Å². The van der Waals surface area contributed by atoms with Crippen LogP contribution in [0.15, 0.2) is 11.2 Å². The van der Waals surface area contributed by atoms with Gasteiger partial charge in [-0.05, 0) is 38.5 Å². The molecule has 22 heavy (non-hydrogen) atoms. The molecule has 0 saturated carbocycles. The van der Waals surface area contributed by atoms with Gasteiger partial charge < -0.3 is 10.2 Å². The van der Waals surface area contributed by atoms with E-state index in [9.17, 15) is 0 Å². The number of rotatable bonds is 6. The van der Waals surface area contributed by atoms with Gasteiger partial charge in [0.1, 0.15) is 0 Å². The molecule has 1 unspecified atom stereocenters. The van der Waals surface area contributed by atoms with E-state index in [2.05, 4.69) is 42.9 Å². The number of likely N-dealkylation sites (tertiary alicyclic amines) is 1. The third-order valence-electron chi connectivity index (χ3n) is 3.98. The van der Waals surface area contributed by atoms with Crippen molar-refractivity contribution < 1.29 is 0 Å². The Bertz CT molecular complexity index is 481. The fourth-order valence-corrected chi connectivity index (χ4v) is 3.86. The molecule has 0 aliphatic carbocycles. The van der Waals surface area contributed by atoms with E-state index >= 15 is 0 Å². The number of hydrogen-bond acceptors (Lipinski definition) is 3. The lowest BCUT2D eigenvalue weighted by atomic mass is 9.97.